The first-order valence-electron chi connectivity index (χ1n) is 7.41. The number of ketones is 1. The van der Waals surface area contributed by atoms with E-state index in [1.807, 2.05) is 0 Å². The fraction of sp³-hybridized carbons (Fsp3) is 0.812. The monoisotopic (exact) mass is 380 g/mol. The molecule has 0 fully saturated rings. The van der Waals surface area contributed by atoms with Gasteiger partial charge in [0.15, 0.2) is 5.78 Å². The number of methoxy groups -OCH3 is 1. The lowest BCUT2D eigenvalue weighted by Gasteiger charge is -2.32. The van der Waals surface area contributed by atoms with Gasteiger partial charge in [0.05, 0.1) is 7.11 Å². The molecule has 0 bridgehead atoms. The van der Waals surface area contributed by atoms with Crippen LogP contribution in [0.25, 0.3) is 0 Å². The lowest BCUT2D eigenvalue weighted by Crippen LogP contribution is -2.24. The van der Waals surface area contributed by atoms with Gasteiger partial charge in [-0.25, -0.2) is 0 Å². The average Bonchev–Trinajstić information content (AvgIpc) is 2.45. The van der Waals surface area contributed by atoms with Crippen LogP contribution in [0.5, 0.6) is 0 Å². The second-order valence-corrected chi connectivity index (χ2v) is 6.12. The number of carbonyl (C=O) groups excluding carboxylic acids is 1. The number of ether oxygens (including phenoxy) is 1. The van der Waals surface area contributed by atoms with Gasteiger partial charge in [0, 0.05) is 21.8 Å². The number of carbonyl (C=O) groups is 1. The molecule has 0 aromatic heterocycles. The fourth-order valence-electron chi connectivity index (χ4n) is 2.63. The summed E-state index contributed by atoms with van der Waals surface area (Å²) in [4.78, 5) is 12.4. The van der Waals surface area contributed by atoms with Crippen molar-refractivity contribution in [1.82, 2.24) is 0 Å². The van der Waals surface area contributed by atoms with Gasteiger partial charge in [-0.2, -0.15) is 0 Å². The van der Waals surface area contributed by atoms with Gasteiger partial charge in [-0.05, 0) is 32.1 Å². The third-order valence-corrected chi connectivity index (χ3v) is 5.02. The third kappa shape index (κ3) is 5.09. The molecule has 3 heteroatoms. The Labute approximate surface area is 132 Å². The van der Waals surface area contributed by atoms with Crippen molar-refractivity contribution >= 4 is 28.4 Å². The molecule has 0 spiro atoms. The predicted octanol–water partition coefficient (Wildman–Crippen LogP) is 5.15. The van der Waals surface area contributed by atoms with E-state index in [2.05, 4.69) is 50.3 Å². The van der Waals surface area contributed by atoms with Crippen molar-refractivity contribution in [3.8, 4) is 0 Å². The van der Waals surface area contributed by atoms with E-state index < -0.39 is 0 Å². The maximum Gasteiger partial charge on any atom is 0.162 e. The Morgan fingerprint density at radius 2 is 1.74 bits per heavy atom. The Balaban J connectivity index is 5.21. The standard InChI is InChI=1S/C16H29IO2/c1-6-13(10-11-17)14(18)12-15(19-5)16(7-2,8-3)9-4/h12-13H,6-11H2,1-5H3/b15-12-. The molecular weight excluding hydrogens is 351 g/mol. The molecule has 0 N–H and O–H groups in total. The minimum absolute atomic E-state index is 0.0209. The predicted molar refractivity (Wildman–Crippen MR) is 90.7 cm³/mol. The highest BCUT2D eigenvalue weighted by Crippen LogP contribution is 2.39. The van der Waals surface area contributed by atoms with Crippen LogP contribution in [-0.4, -0.2) is 17.3 Å². The van der Waals surface area contributed by atoms with Gasteiger partial charge in [0.1, 0.15) is 5.76 Å². The molecule has 2 nitrogen and oxygen atoms in total. The highest BCUT2D eigenvalue weighted by atomic mass is 127. The minimum Gasteiger partial charge on any atom is -0.500 e. The first-order chi connectivity index (χ1) is 9.04. The number of allylic oxidation sites excluding steroid dienone is 2. The molecule has 0 radical (unpaired) electrons. The molecule has 1 unspecified atom stereocenters. The number of rotatable bonds is 10. The SMILES string of the molecule is CCC(CCI)C(=O)/C=C(\OC)C(CC)(CC)CC. The molecule has 0 heterocycles. The summed E-state index contributed by atoms with van der Waals surface area (Å²) < 4.78 is 6.60. The maximum absolute atomic E-state index is 12.4. The highest BCUT2D eigenvalue weighted by molar-refractivity contribution is 14.1. The van der Waals surface area contributed by atoms with Crippen LogP contribution in [0.4, 0.5) is 0 Å². The van der Waals surface area contributed by atoms with Crippen LogP contribution in [0.1, 0.15) is 59.8 Å². The highest BCUT2D eigenvalue weighted by Gasteiger charge is 2.31. The lowest BCUT2D eigenvalue weighted by molar-refractivity contribution is -0.118. The summed E-state index contributed by atoms with van der Waals surface area (Å²) in [5.41, 5.74) is 0.0209. The quantitative estimate of drug-likeness (QED) is 0.227. The van der Waals surface area contributed by atoms with Crippen molar-refractivity contribution < 1.29 is 9.53 Å². The minimum atomic E-state index is 0.0209. The van der Waals surface area contributed by atoms with Gasteiger partial charge in [0.25, 0.3) is 0 Å². The Bertz CT molecular complexity index is 285. The van der Waals surface area contributed by atoms with Crippen LogP contribution in [0, 0.1) is 11.3 Å². The molecule has 0 aliphatic carbocycles. The molecule has 1 atom stereocenters. The molecule has 0 amide bonds. The van der Waals surface area contributed by atoms with E-state index in [4.69, 9.17) is 4.74 Å². The van der Waals surface area contributed by atoms with E-state index >= 15 is 0 Å². The van der Waals surface area contributed by atoms with Crippen LogP contribution in [-0.2, 0) is 9.53 Å². The Morgan fingerprint density at radius 1 is 1.21 bits per heavy atom. The fourth-order valence-corrected chi connectivity index (χ4v) is 3.38. The number of hydrogen-bond acceptors (Lipinski definition) is 2. The molecule has 0 aliphatic heterocycles. The van der Waals surface area contributed by atoms with Crippen molar-refractivity contribution in [1.29, 1.82) is 0 Å². The summed E-state index contributed by atoms with van der Waals surface area (Å²) in [5.74, 6) is 1.25. The summed E-state index contributed by atoms with van der Waals surface area (Å²) in [6.45, 7) is 8.60. The number of alkyl halides is 1. The first-order valence-corrected chi connectivity index (χ1v) is 8.93. The zero-order chi connectivity index (χ0) is 14.9. The molecular formula is C16H29IO2. The van der Waals surface area contributed by atoms with Crippen molar-refractivity contribution in [3.05, 3.63) is 11.8 Å². The van der Waals surface area contributed by atoms with Gasteiger partial charge in [-0.3, -0.25) is 4.79 Å². The zero-order valence-electron chi connectivity index (χ0n) is 13.1. The van der Waals surface area contributed by atoms with Gasteiger partial charge >= 0.3 is 0 Å². The Kier molecular flexibility index (Phi) is 9.75. The van der Waals surface area contributed by atoms with E-state index in [0.29, 0.717) is 0 Å². The van der Waals surface area contributed by atoms with Crippen molar-refractivity contribution in [2.45, 2.75) is 59.8 Å². The van der Waals surface area contributed by atoms with Gasteiger partial charge in [-0.1, -0.05) is 50.3 Å². The van der Waals surface area contributed by atoms with E-state index in [1.54, 1.807) is 13.2 Å². The molecule has 0 aliphatic rings. The lowest BCUT2D eigenvalue weighted by atomic mass is 9.77. The third-order valence-electron chi connectivity index (χ3n) is 4.40. The molecule has 0 saturated carbocycles. The Hall–Kier alpha value is -0.0600. The molecule has 0 rings (SSSR count). The van der Waals surface area contributed by atoms with Crippen LogP contribution < -0.4 is 0 Å². The van der Waals surface area contributed by atoms with Crippen LogP contribution in [0.3, 0.4) is 0 Å². The van der Waals surface area contributed by atoms with Crippen molar-refractivity contribution in [3.63, 3.8) is 0 Å². The number of hydrogen-bond donors (Lipinski definition) is 0. The topological polar surface area (TPSA) is 26.3 Å². The summed E-state index contributed by atoms with van der Waals surface area (Å²) in [6.07, 6.45) is 6.67. The van der Waals surface area contributed by atoms with Crippen molar-refractivity contribution in [2.75, 3.05) is 11.5 Å². The second-order valence-electron chi connectivity index (χ2n) is 5.04. The van der Waals surface area contributed by atoms with E-state index in [1.165, 1.54) is 0 Å². The summed E-state index contributed by atoms with van der Waals surface area (Å²) in [6, 6.07) is 0. The molecule has 0 aromatic carbocycles. The van der Waals surface area contributed by atoms with E-state index in [0.717, 1.165) is 42.3 Å². The smallest absolute Gasteiger partial charge is 0.162 e. The largest absolute Gasteiger partial charge is 0.500 e. The average molecular weight is 380 g/mol. The van der Waals surface area contributed by atoms with E-state index in [9.17, 15) is 4.79 Å². The van der Waals surface area contributed by atoms with Gasteiger partial charge in [-0.15, -0.1) is 0 Å². The molecule has 19 heavy (non-hydrogen) atoms. The van der Waals surface area contributed by atoms with E-state index in [-0.39, 0.29) is 17.1 Å². The van der Waals surface area contributed by atoms with Crippen LogP contribution in [0.2, 0.25) is 0 Å². The van der Waals surface area contributed by atoms with Crippen LogP contribution >= 0.6 is 22.6 Å². The second kappa shape index (κ2) is 9.78. The van der Waals surface area contributed by atoms with Gasteiger partial charge in [0.2, 0.25) is 0 Å². The maximum atomic E-state index is 12.4. The summed E-state index contributed by atoms with van der Waals surface area (Å²) in [7, 11) is 1.69. The molecule has 0 aromatic rings. The van der Waals surface area contributed by atoms with Crippen LogP contribution in [0.15, 0.2) is 11.8 Å². The summed E-state index contributed by atoms with van der Waals surface area (Å²) in [5, 5.41) is 0. The van der Waals surface area contributed by atoms with Gasteiger partial charge < -0.3 is 4.74 Å². The molecule has 112 valence electrons. The molecule has 0 saturated heterocycles. The number of halogens is 1. The zero-order valence-corrected chi connectivity index (χ0v) is 15.2. The Morgan fingerprint density at radius 3 is 2.05 bits per heavy atom. The van der Waals surface area contributed by atoms with Crippen molar-refractivity contribution in [2.24, 2.45) is 11.3 Å². The normalized spacial score (nSPS) is 14.3. The first kappa shape index (κ1) is 18.9. The summed E-state index contributed by atoms with van der Waals surface area (Å²) >= 11 is 2.34.